The van der Waals surface area contributed by atoms with Crippen molar-refractivity contribution in [1.82, 2.24) is 24.1 Å². The number of aryl methyl sites for hydroxylation is 2. The van der Waals surface area contributed by atoms with Gasteiger partial charge in [0.1, 0.15) is 28.6 Å². The van der Waals surface area contributed by atoms with Gasteiger partial charge in [0.15, 0.2) is 5.65 Å². The Kier molecular flexibility index (Phi) is 7.85. The minimum atomic E-state index is -4.80. The molecule has 0 aliphatic rings. The van der Waals surface area contributed by atoms with E-state index < -0.39 is 29.2 Å². The highest BCUT2D eigenvalue weighted by atomic mass is 19.4. The van der Waals surface area contributed by atoms with Crippen LogP contribution in [0.1, 0.15) is 32.7 Å². The fourth-order valence-corrected chi connectivity index (χ4v) is 4.60. The summed E-state index contributed by atoms with van der Waals surface area (Å²) in [5.74, 6) is 3.86. The second-order valence-corrected chi connectivity index (χ2v) is 10.1. The third kappa shape index (κ3) is 6.36. The summed E-state index contributed by atoms with van der Waals surface area (Å²) < 4.78 is 65.4. The Morgan fingerprint density at radius 3 is 2.54 bits per heavy atom. The lowest BCUT2D eigenvalue weighted by Crippen LogP contribution is -2.15. The van der Waals surface area contributed by atoms with Gasteiger partial charge in [0.2, 0.25) is 0 Å². The quantitative estimate of drug-likeness (QED) is 0.151. The van der Waals surface area contributed by atoms with Crippen molar-refractivity contribution < 1.29 is 27.1 Å². The van der Waals surface area contributed by atoms with E-state index >= 15 is 0 Å². The normalized spacial score (nSPS) is 11.2. The molecule has 2 N–H and O–H groups in total. The average Bonchev–Trinajstić information content (AvgIpc) is 3.63. The van der Waals surface area contributed by atoms with E-state index in [9.17, 15) is 22.4 Å². The number of aromatic nitrogens is 5. The van der Waals surface area contributed by atoms with Crippen LogP contribution in [-0.4, -0.2) is 30.1 Å². The zero-order chi connectivity index (χ0) is 32.4. The first kappa shape index (κ1) is 29.9. The molecule has 0 saturated carbocycles. The fraction of sp³-hybridized carbons (Fsp3) is 0.0909. The molecule has 13 heteroatoms. The van der Waals surface area contributed by atoms with Gasteiger partial charge >= 0.3 is 6.18 Å². The monoisotopic (exact) mass is 625 g/mol. The Morgan fingerprint density at radius 2 is 1.80 bits per heavy atom. The van der Waals surface area contributed by atoms with Crippen molar-refractivity contribution in [3.8, 4) is 23.3 Å². The number of imidazole rings is 1. The number of nitrogens with one attached hydrogen (secondary N) is 2. The van der Waals surface area contributed by atoms with E-state index in [2.05, 4.69) is 37.5 Å². The summed E-state index contributed by atoms with van der Waals surface area (Å²) in [5.41, 5.74) is 1.76. The Hall–Kier alpha value is -6.16. The van der Waals surface area contributed by atoms with Gasteiger partial charge in [0.25, 0.3) is 5.91 Å². The van der Waals surface area contributed by atoms with Gasteiger partial charge in [-0.25, -0.2) is 9.37 Å². The van der Waals surface area contributed by atoms with Crippen molar-refractivity contribution >= 4 is 28.6 Å². The molecule has 0 bridgehead atoms. The first-order valence-corrected chi connectivity index (χ1v) is 13.7. The highest BCUT2D eigenvalue weighted by Gasteiger charge is 2.35. The van der Waals surface area contributed by atoms with E-state index in [0.29, 0.717) is 22.5 Å². The summed E-state index contributed by atoms with van der Waals surface area (Å²) in [5, 5.41) is 9.76. The summed E-state index contributed by atoms with van der Waals surface area (Å²) in [7, 11) is 1.81. The molecule has 9 nitrogen and oxygen atoms in total. The summed E-state index contributed by atoms with van der Waals surface area (Å²) in [6, 6.07) is 12.0. The predicted molar refractivity (Wildman–Crippen MR) is 163 cm³/mol. The standard InChI is InChI=1S/C33H23F4N7O2/c1-20-14-28(34)26(32(45)42-22-6-8-30(27(16-22)33(35,36)37)46-25-9-11-38-12-10-25)15-21(20)5-7-24-18-39-31-29(4-3-13-44(24)31)41-23-17-40-43(2)19-23/h3-4,6,8-19,41H,1-2H3,(H,42,45). The Morgan fingerprint density at radius 1 is 1.00 bits per heavy atom. The third-order valence-electron chi connectivity index (χ3n) is 6.82. The number of pyridine rings is 2. The first-order valence-electron chi connectivity index (χ1n) is 13.7. The number of hydrogen-bond acceptors (Lipinski definition) is 6. The molecular weight excluding hydrogens is 602 g/mol. The lowest BCUT2D eigenvalue weighted by atomic mass is 10.0. The second-order valence-electron chi connectivity index (χ2n) is 10.1. The molecule has 0 aliphatic heterocycles. The van der Waals surface area contributed by atoms with Crippen LogP contribution in [0.5, 0.6) is 11.5 Å². The zero-order valence-electron chi connectivity index (χ0n) is 24.2. The molecule has 0 atom stereocenters. The molecule has 6 aromatic rings. The number of benzene rings is 2. The van der Waals surface area contributed by atoms with Gasteiger partial charge in [-0.05, 0) is 73.0 Å². The number of alkyl halides is 3. The minimum absolute atomic E-state index is 0.151. The largest absolute Gasteiger partial charge is 0.457 e. The molecule has 0 aliphatic carbocycles. The van der Waals surface area contributed by atoms with Crippen LogP contribution in [0.2, 0.25) is 0 Å². The van der Waals surface area contributed by atoms with Crippen molar-refractivity contribution in [3.05, 3.63) is 126 Å². The van der Waals surface area contributed by atoms with Crippen LogP contribution >= 0.6 is 0 Å². The Balaban J connectivity index is 1.25. The number of carbonyl (C=O) groups excluding carboxylic acids is 1. The highest BCUT2D eigenvalue weighted by molar-refractivity contribution is 6.04. The van der Waals surface area contributed by atoms with Crippen LogP contribution in [0.15, 0.2) is 91.8 Å². The predicted octanol–water partition coefficient (Wildman–Crippen LogP) is 7.12. The van der Waals surface area contributed by atoms with E-state index in [1.807, 2.05) is 25.4 Å². The number of ether oxygens (including phenoxy) is 1. The number of carbonyl (C=O) groups is 1. The van der Waals surface area contributed by atoms with Gasteiger partial charge in [0.05, 0.1) is 29.3 Å². The molecule has 230 valence electrons. The molecule has 46 heavy (non-hydrogen) atoms. The van der Waals surface area contributed by atoms with Crippen LogP contribution in [-0.2, 0) is 13.2 Å². The van der Waals surface area contributed by atoms with Crippen molar-refractivity contribution in [2.75, 3.05) is 10.6 Å². The van der Waals surface area contributed by atoms with Crippen molar-refractivity contribution in [3.63, 3.8) is 0 Å². The molecular formula is C33H23F4N7O2. The van der Waals surface area contributed by atoms with Gasteiger partial charge in [-0.2, -0.15) is 18.3 Å². The summed E-state index contributed by atoms with van der Waals surface area (Å²) in [6.07, 6.45) is 4.84. The number of anilines is 3. The van der Waals surface area contributed by atoms with E-state index in [1.54, 1.807) is 34.6 Å². The van der Waals surface area contributed by atoms with Crippen molar-refractivity contribution in [2.24, 2.45) is 7.05 Å². The summed E-state index contributed by atoms with van der Waals surface area (Å²) in [6.45, 7) is 1.64. The van der Waals surface area contributed by atoms with Crippen LogP contribution < -0.4 is 15.4 Å². The average molecular weight is 626 g/mol. The summed E-state index contributed by atoms with van der Waals surface area (Å²) >= 11 is 0. The number of amides is 1. The number of fused-ring (bicyclic) bond motifs is 1. The maximum atomic E-state index is 15.0. The lowest BCUT2D eigenvalue weighted by molar-refractivity contribution is -0.138. The van der Waals surface area contributed by atoms with Crippen LogP contribution in [0, 0.1) is 24.6 Å². The van der Waals surface area contributed by atoms with Crippen LogP contribution in [0.3, 0.4) is 0 Å². The molecule has 4 aromatic heterocycles. The minimum Gasteiger partial charge on any atom is -0.457 e. The molecule has 2 aromatic carbocycles. The van der Waals surface area contributed by atoms with Crippen molar-refractivity contribution in [2.45, 2.75) is 13.1 Å². The molecule has 0 radical (unpaired) electrons. The molecule has 0 unspecified atom stereocenters. The number of halogens is 4. The number of hydrogen-bond donors (Lipinski definition) is 2. The SMILES string of the molecule is Cc1cc(F)c(C(=O)Nc2ccc(Oc3ccncc3)c(C(F)(F)F)c2)cc1C#Cc1cnc2c(Nc3cnn(C)c3)cccn12. The zero-order valence-corrected chi connectivity index (χ0v) is 24.2. The molecule has 6 rings (SSSR count). The van der Waals surface area contributed by atoms with Gasteiger partial charge in [-0.1, -0.05) is 5.92 Å². The fourth-order valence-electron chi connectivity index (χ4n) is 4.60. The molecule has 4 heterocycles. The van der Waals surface area contributed by atoms with E-state index in [0.717, 1.165) is 29.6 Å². The van der Waals surface area contributed by atoms with Gasteiger partial charge in [-0.15, -0.1) is 0 Å². The second kappa shape index (κ2) is 12.1. The van der Waals surface area contributed by atoms with Crippen molar-refractivity contribution in [1.29, 1.82) is 0 Å². The maximum Gasteiger partial charge on any atom is 0.420 e. The molecule has 0 fully saturated rings. The van der Waals surface area contributed by atoms with Gasteiger partial charge in [-0.3, -0.25) is 18.9 Å². The van der Waals surface area contributed by atoms with E-state index in [-0.39, 0.29) is 17.0 Å². The molecule has 0 saturated heterocycles. The summed E-state index contributed by atoms with van der Waals surface area (Å²) in [4.78, 5) is 21.4. The molecule has 1 amide bonds. The third-order valence-corrected chi connectivity index (χ3v) is 6.82. The molecule has 0 spiro atoms. The van der Waals surface area contributed by atoms with E-state index in [4.69, 9.17) is 4.74 Å². The topological polar surface area (TPSA) is 98.4 Å². The smallest absolute Gasteiger partial charge is 0.420 e. The lowest BCUT2D eigenvalue weighted by Gasteiger charge is -2.16. The number of rotatable bonds is 6. The Bertz CT molecular complexity index is 2140. The number of nitrogens with zero attached hydrogens (tertiary/aromatic N) is 5. The Labute approximate surface area is 259 Å². The van der Waals surface area contributed by atoms with Gasteiger partial charge < -0.3 is 15.4 Å². The van der Waals surface area contributed by atoms with Crippen LogP contribution in [0.25, 0.3) is 5.65 Å². The van der Waals surface area contributed by atoms with E-state index in [1.165, 1.54) is 36.7 Å². The highest BCUT2D eigenvalue weighted by Crippen LogP contribution is 2.39. The van der Waals surface area contributed by atoms with Crippen LogP contribution in [0.4, 0.5) is 34.6 Å². The maximum absolute atomic E-state index is 15.0. The first-order chi connectivity index (χ1) is 22.0. The van der Waals surface area contributed by atoms with Gasteiger partial charge in [0, 0.05) is 43.1 Å².